The largest absolute Gasteiger partial charge is 0.459 e. The van der Waals surface area contributed by atoms with E-state index in [0.29, 0.717) is 5.57 Å². The Morgan fingerprint density at radius 2 is 1.94 bits per heavy atom. The summed E-state index contributed by atoms with van der Waals surface area (Å²) >= 11 is 0. The van der Waals surface area contributed by atoms with E-state index in [-0.39, 0.29) is 5.97 Å². The number of ether oxygens (including phenoxy) is 1. The summed E-state index contributed by atoms with van der Waals surface area (Å²) in [6.45, 7) is 5.49. The summed E-state index contributed by atoms with van der Waals surface area (Å²) in [5.74, 6) is -0.785. The van der Waals surface area contributed by atoms with Crippen LogP contribution in [0.3, 0.4) is 0 Å². The fraction of sp³-hybridized carbons (Fsp3) is 0.333. The predicted molar refractivity (Wildman–Crippen MR) is 69.1 cm³/mol. The molecule has 1 atom stereocenters. The molecule has 3 nitrogen and oxygen atoms in total. The maximum atomic E-state index is 12.1. The van der Waals surface area contributed by atoms with Gasteiger partial charge < -0.3 is 4.74 Å². The maximum Gasteiger partial charge on any atom is 0.317 e. The molecule has 0 saturated heterocycles. The first-order valence-electron chi connectivity index (χ1n) is 5.91. The lowest BCUT2D eigenvalue weighted by atomic mass is 10.00. The maximum absolute atomic E-state index is 12.1. The first-order chi connectivity index (χ1) is 8.42. The van der Waals surface area contributed by atoms with Crippen LogP contribution in [0.2, 0.25) is 0 Å². The lowest BCUT2D eigenvalue weighted by Gasteiger charge is -2.22. The highest BCUT2D eigenvalue weighted by Gasteiger charge is 2.31. The monoisotopic (exact) mass is 244 g/mol. The van der Waals surface area contributed by atoms with E-state index in [1.807, 2.05) is 45.0 Å². The number of esters is 1. The molecule has 0 heterocycles. The number of allylic oxidation sites excluding steroid dienone is 1. The minimum absolute atomic E-state index is 0.313. The number of rotatable bonds is 2. The molecule has 2 rings (SSSR count). The quantitative estimate of drug-likeness (QED) is 0.593. The highest BCUT2D eigenvalue weighted by atomic mass is 16.6. The summed E-state index contributed by atoms with van der Waals surface area (Å²) in [5, 5.41) is 0. The standard InChI is InChI=1S/C15H16O3/c1-15(2,3)18-14(17)13-8-10(9-16)11-6-4-5-7-12(11)13/h4-9,13H,1-3H3. The van der Waals surface area contributed by atoms with Gasteiger partial charge in [-0.3, -0.25) is 9.59 Å². The van der Waals surface area contributed by atoms with Gasteiger partial charge >= 0.3 is 5.97 Å². The molecule has 0 aromatic heterocycles. The van der Waals surface area contributed by atoms with Crippen LogP contribution < -0.4 is 0 Å². The van der Waals surface area contributed by atoms with E-state index in [1.165, 1.54) is 0 Å². The Labute approximate surface area is 106 Å². The van der Waals surface area contributed by atoms with E-state index in [1.54, 1.807) is 6.08 Å². The molecule has 0 radical (unpaired) electrons. The Morgan fingerprint density at radius 3 is 2.56 bits per heavy atom. The summed E-state index contributed by atoms with van der Waals surface area (Å²) < 4.78 is 5.37. The third kappa shape index (κ3) is 2.35. The molecule has 0 spiro atoms. The Morgan fingerprint density at radius 1 is 1.28 bits per heavy atom. The first kappa shape index (κ1) is 12.6. The van der Waals surface area contributed by atoms with Crippen molar-refractivity contribution in [2.75, 3.05) is 0 Å². The molecule has 0 bridgehead atoms. The van der Waals surface area contributed by atoms with Gasteiger partial charge in [0.2, 0.25) is 0 Å². The second-order valence-corrected chi connectivity index (χ2v) is 5.34. The smallest absolute Gasteiger partial charge is 0.317 e. The van der Waals surface area contributed by atoms with Crippen LogP contribution in [0.5, 0.6) is 0 Å². The summed E-state index contributed by atoms with van der Waals surface area (Å²) in [6, 6.07) is 7.42. The van der Waals surface area contributed by atoms with Gasteiger partial charge in [-0.1, -0.05) is 30.3 Å². The summed E-state index contributed by atoms with van der Waals surface area (Å²) in [7, 11) is 0. The van der Waals surface area contributed by atoms with Gasteiger partial charge in [0.1, 0.15) is 17.8 Å². The molecule has 0 aliphatic heterocycles. The topological polar surface area (TPSA) is 43.4 Å². The van der Waals surface area contributed by atoms with Crippen LogP contribution in [0, 0.1) is 0 Å². The molecular weight excluding hydrogens is 228 g/mol. The molecule has 1 aliphatic rings. The molecule has 1 unspecified atom stereocenters. The second kappa shape index (κ2) is 4.41. The number of fused-ring (bicyclic) bond motifs is 1. The van der Waals surface area contributed by atoms with Crippen LogP contribution in [0.15, 0.2) is 30.3 Å². The summed E-state index contributed by atoms with van der Waals surface area (Å²) in [6.07, 6.45) is 2.45. The van der Waals surface area contributed by atoms with Crippen molar-refractivity contribution < 1.29 is 14.3 Å². The van der Waals surface area contributed by atoms with Crippen LogP contribution in [-0.2, 0) is 14.3 Å². The van der Waals surface area contributed by atoms with Crippen molar-refractivity contribution in [3.8, 4) is 0 Å². The lowest BCUT2D eigenvalue weighted by molar-refractivity contribution is -0.155. The summed E-state index contributed by atoms with van der Waals surface area (Å²) in [5.41, 5.74) is 1.70. The highest BCUT2D eigenvalue weighted by Crippen LogP contribution is 2.36. The predicted octanol–water partition coefficient (Wildman–Crippen LogP) is 2.71. The second-order valence-electron chi connectivity index (χ2n) is 5.34. The van der Waals surface area contributed by atoms with E-state index in [2.05, 4.69) is 0 Å². The Hall–Kier alpha value is -1.90. The molecule has 18 heavy (non-hydrogen) atoms. The Balaban J connectivity index is 2.34. The zero-order valence-corrected chi connectivity index (χ0v) is 10.8. The molecule has 0 saturated carbocycles. The number of carbonyl (C=O) groups is 2. The third-order valence-electron chi connectivity index (χ3n) is 2.74. The zero-order valence-electron chi connectivity index (χ0n) is 10.8. The van der Waals surface area contributed by atoms with Crippen molar-refractivity contribution in [1.29, 1.82) is 0 Å². The van der Waals surface area contributed by atoms with Gasteiger partial charge in [-0.15, -0.1) is 0 Å². The van der Waals surface area contributed by atoms with Gasteiger partial charge in [0.15, 0.2) is 0 Å². The summed E-state index contributed by atoms with van der Waals surface area (Å²) in [4.78, 5) is 23.1. The number of aldehydes is 1. The first-order valence-corrected chi connectivity index (χ1v) is 5.91. The van der Waals surface area contributed by atoms with Crippen molar-refractivity contribution in [3.63, 3.8) is 0 Å². The Kier molecular flexibility index (Phi) is 3.07. The van der Waals surface area contributed by atoms with Gasteiger partial charge in [-0.25, -0.2) is 0 Å². The van der Waals surface area contributed by atoms with Crippen LogP contribution in [-0.4, -0.2) is 17.9 Å². The number of hydrogen-bond acceptors (Lipinski definition) is 3. The van der Waals surface area contributed by atoms with Crippen molar-refractivity contribution in [3.05, 3.63) is 41.5 Å². The van der Waals surface area contributed by atoms with E-state index < -0.39 is 11.5 Å². The van der Waals surface area contributed by atoms with Crippen LogP contribution in [0.4, 0.5) is 0 Å². The molecule has 0 amide bonds. The van der Waals surface area contributed by atoms with Crippen molar-refractivity contribution in [2.24, 2.45) is 0 Å². The molecule has 1 aromatic carbocycles. The molecule has 3 heteroatoms. The zero-order chi connectivity index (χ0) is 13.3. The third-order valence-corrected chi connectivity index (χ3v) is 2.74. The fourth-order valence-corrected chi connectivity index (χ4v) is 2.05. The molecule has 0 N–H and O–H groups in total. The molecule has 1 aliphatic carbocycles. The fourth-order valence-electron chi connectivity index (χ4n) is 2.05. The van der Waals surface area contributed by atoms with Gasteiger partial charge in [-0.2, -0.15) is 0 Å². The molecule has 1 aromatic rings. The van der Waals surface area contributed by atoms with E-state index in [4.69, 9.17) is 4.74 Å². The van der Waals surface area contributed by atoms with Gasteiger partial charge in [0.05, 0.1) is 0 Å². The average molecular weight is 244 g/mol. The Bertz CT molecular complexity index is 521. The van der Waals surface area contributed by atoms with E-state index >= 15 is 0 Å². The van der Waals surface area contributed by atoms with Crippen LogP contribution >= 0.6 is 0 Å². The van der Waals surface area contributed by atoms with E-state index in [0.717, 1.165) is 17.4 Å². The van der Waals surface area contributed by atoms with Crippen molar-refractivity contribution in [2.45, 2.75) is 32.3 Å². The van der Waals surface area contributed by atoms with E-state index in [9.17, 15) is 9.59 Å². The normalized spacial score (nSPS) is 17.9. The van der Waals surface area contributed by atoms with Gasteiger partial charge in [-0.05, 0) is 31.9 Å². The number of benzene rings is 1. The highest BCUT2D eigenvalue weighted by molar-refractivity contribution is 6.11. The van der Waals surface area contributed by atoms with Gasteiger partial charge in [0, 0.05) is 5.57 Å². The number of hydrogen-bond donors (Lipinski definition) is 0. The van der Waals surface area contributed by atoms with Crippen LogP contribution in [0.1, 0.15) is 37.8 Å². The molecule has 0 fully saturated rings. The minimum atomic E-state index is -0.524. The molecule has 94 valence electrons. The average Bonchev–Trinajstić information content (AvgIpc) is 2.65. The lowest BCUT2D eigenvalue weighted by Crippen LogP contribution is -2.26. The van der Waals surface area contributed by atoms with Gasteiger partial charge in [0.25, 0.3) is 0 Å². The van der Waals surface area contributed by atoms with Crippen LogP contribution in [0.25, 0.3) is 5.57 Å². The minimum Gasteiger partial charge on any atom is -0.459 e. The van der Waals surface area contributed by atoms with Crippen molar-refractivity contribution >= 4 is 17.8 Å². The number of carbonyl (C=O) groups excluding carboxylic acids is 2. The molecular formula is C15H16O3. The SMILES string of the molecule is CC(C)(C)OC(=O)C1C=C(C=O)c2ccccc21. The van der Waals surface area contributed by atoms with Crippen molar-refractivity contribution in [1.82, 2.24) is 0 Å².